The van der Waals surface area contributed by atoms with Gasteiger partial charge in [0, 0.05) is 159 Å². The maximum Gasteiger partial charge on any atom is 0.349 e. The number of nitrogens with zero attached hydrogens (tertiary/aromatic N) is 5. The standard InChI is InChI=1S/C51H64Cl4N4O10S2.C23H30Cl2N2O4S.C13H14N2O8.CH4/c1-51(2,49(60)7-5-18-66-22-25-69-21-17-57-71(64,65)40-14-10-36(11-15-40)44-32-59(4)34-46-42(44)28-38(53)30-48(46)55)50(61)56-16-20-68-24-23-67-19-6-26-70(62,63)39-12-8-35(9-13-39)43-31-58(3)33-45-41(43)27-37(52)29-47(45)54;1-27-15-21(20-13-18(24)14-23(25)22(20)16-27)17-3-5-19(6-4-17)32(28,29)12-2-8-30-10-11-31-9-7-26;1-13(2,11(20)22-14-7(16)3-4-8(14)17)12(21)23-15-9(18)5-6-10(15)19;/h8-15,27-30,43-44,57H,5-7,16-26,31-34H2,1-4H3,(H,56,61);3-6,13-14,21H,2,7-12,15-16,26H2,1H3;3-6H2,1-2H3;1H4. The monoisotopic (exact) mass is 1940 g/mol. The number of hydrogen-bond donors (Lipinski definition) is 3. The van der Waals surface area contributed by atoms with E-state index < -0.39 is 82.0 Å². The highest BCUT2D eigenvalue weighted by molar-refractivity contribution is 7.91. The van der Waals surface area contributed by atoms with Gasteiger partial charge in [-0.15, -0.1) is 10.1 Å². The molecule has 30 nitrogen and oxygen atoms in total. The van der Waals surface area contributed by atoms with Gasteiger partial charge in [0.1, 0.15) is 11.2 Å². The average Bonchev–Trinajstić information content (AvgIpc) is 1.43. The van der Waals surface area contributed by atoms with Gasteiger partial charge in [-0.25, -0.2) is 39.6 Å². The molecular weight excluding hydrogens is 1830 g/mol. The Labute approximate surface area is 773 Å². The van der Waals surface area contributed by atoms with Crippen molar-refractivity contribution in [1.29, 1.82) is 0 Å². The summed E-state index contributed by atoms with van der Waals surface area (Å²) < 4.78 is 113. The third-order valence-corrected chi connectivity index (χ3v) is 28.3. The smallest absolute Gasteiger partial charge is 0.349 e. The number of nitrogens with one attached hydrogen (secondary N) is 2. The first-order valence-corrected chi connectivity index (χ1v) is 48.2. The molecule has 5 heterocycles. The van der Waals surface area contributed by atoms with Crippen LogP contribution in [0.25, 0.3) is 0 Å². The van der Waals surface area contributed by atoms with Crippen LogP contribution in [-0.2, 0) is 126 Å². The summed E-state index contributed by atoms with van der Waals surface area (Å²) in [6, 6.07) is 32.1. The number of Topliss-reactive ketones (excluding diaryl/α,β-unsaturated/α-hetero) is 1. The summed E-state index contributed by atoms with van der Waals surface area (Å²) in [5, 5.41) is 7.00. The lowest BCUT2D eigenvalue weighted by atomic mass is 9.84. The molecule has 6 aromatic rings. The number of amides is 5. The first-order valence-electron chi connectivity index (χ1n) is 41.1. The predicted octanol–water partition coefficient (Wildman–Crippen LogP) is 11.7. The van der Waals surface area contributed by atoms with Crippen molar-refractivity contribution < 1.29 is 102 Å². The molecule has 6 aromatic carbocycles. The summed E-state index contributed by atoms with van der Waals surface area (Å²) in [6.07, 6.45) is 0.960. The molecule has 5 aliphatic rings. The topological polar surface area (TPSA) is 379 Å². The minimum Gasteiger partial charge on any atom is -0.379 e. The fraction of sp³-hybridized carbons (Fsp3) is 0.500. The van der Waals surface area contributed by atoms with Gasteiger partial charge in [-0.2, -0.15) is 0 Å². The van der Waals surface area contributed by atoms with Crippen LogP contribution in [0.4, 0.5) is 0 Å². The van der Waals surface area contributed by atoms with E-state index >= 15 is 0 Å². The molecule has 696 valence electrons. The molecule has 5 aliphatic heterocycles. The Morgan fingerprint density at radius 1 is 0.425 bits per heavy atom. The molecule has 11 rings (SSSR count). The second kappa shape index (κ2) is 48.8. The number of nitrogens with two attached hydrogens (primary N) is 1. The minimum atomic E-state index is -3.76. The number of carbonyl (C=O) groups excluding carboxylic acids is 8. The molecule has 0 aliphatic carbocycles. The van der Waals surface area contributed by atoms with Crippen LogP contribution in [0, 0.1) is 10.8 Å². The first kappa shape index (κ1) is 105. The number of benzene rings is 6. The summed E-state index contributed by atoms with van der Waals surface area (Å²) >= 11 is 38.4. The van der Waals surface area contributed by atoms with E-state index in [1.54, 1.807) is 68.4 Å². The fourth-order valence-corrected chi connectivity index (χ4v) is 19.7. The number of ketones is 1. The maximum absolute atomic E-state index is 13.1. The Balaban J connectivity index is 0.000000290. The molecule has 0 bridgehead atoms. The van der Waals surface area contributed by atoms with E-state index in [0.29, 0.717) is 117 Å². The van der Waals surface area contributed by atoms with E-state index in [0.717, 1.165) is 90.1 Å². The Kier molecular flexibility index (Phi) is 40.4. The van der Waals surface area contributed by atoms with E-state index in [1.165, 1.54) is 0 Å². The van der Waals surface area contributed by atoms with Gasteiger partial charge in [-0.05, 0) is 191 Å². The van der Waals surface area contributed by atoms with Gasteiger partial charge in [0.05, 0.1) is 85.7 Å². The van der Waals surface area contributed by atoms with Gasteiger partial charge >= 0.3 is 11.9 Å². The van der Waals surface area contributed by atoms with Crippen LogP contribution < -0.4 is 15.8 Å². The average molecular weight is 1940 g/mol. The summed E-state index contributed by atoms with van der Waals surface area (Å²) in [5.41, 5.74) is 11.5. The normalized spacial score (nSPS) is 16.9. The number of likely N-dealkylation sites (N-methyl/N-ethyl adjacent to an activating group) is 3. The third-order valence-electron chi connectivity index (χ3n) is 21.5. The number of rotatable bonds is 42. The van der Waals surface area contributed by atoms with Gasteiger partial charge < -0.3 is 63.8 Å². The summed E-state index contributed by atoms with van der Waals surface area (Å²) in [5.74, 6) is -5.79. The number of ether oxygens (including phenoxy) is 6. The van der Waals surface area contributed by atoms with Gasteiger partial charge in [0.2, 0.25) is 15.9 Å². The van der Waals surface area contributed by atoms with Crippen molar-refractivity contribution in [2.75, 3.05) is 151 Å². The molecule has 0 radical (unpaired) electrons. The summed E-state index contributed by atoms with van der Waals surface area (Å²) in [6.45, 7) is 14.3. The highest BCUT2D eigenvalue weighted by atomic mass is 35.5. The number of sulfone groups is 2. The Morgan fingerprint density at radius 3 is 1.09 bits per heavy atom. The third kappa shape index (κ3) is 29.7. The number of halogens is 6. The molecule has 5 amide bonds. The van der Waals surface area contributed by atoms with Crippen LogP contribution in [0.15, 0.2) is 124 Å². The van der Waals surface area contributed by atoms with Gasteiger partial charge in [-0.1, -0.05) is 113 Å². The number of carbonyl (C=O) groups is 8. The molecule has 0 aromatic heterocycles. The van der Waals surface area contributed by atoms with Crippen molar-refractivity contribution in [3.63, 3.8) is 0 Å². The second-order valence-electron chi connectivity index (χ2n) is 32.0. The lowest BCUT2D eigenvalue weighted by Crippen LogP contribution is -2.45. The van der Waals surface area contributed by atoms with E-state index in [2.05, 4.69) is 34.4 Å². The van der Waals surface area contributed by atoms with Crippen molar-refractivity contribution >= 4 is 147 Å². The van der Waals surface area contributed by atoms with Crippen LogP contribution in [0.1, 0.15) is 154 Å². The van der Waals surface area contributed by atoms with Crippen molar-refractivity contribution in [2.24, 2.45) is 16.6 Å². The predicted molar refractivity (Wildman–Crippen MR) is 482 cm³/mol. The molecule has 127 heavy (non-hydrogen) atoms. The largest absolute Gasteiger partial charge is 0.379 e. The van der Waals surface area contributed by atoms with E-state index in [1.807, 2.05) is 75.7 Å². The van der Waals surface area contributed by atoms with Gasteiger partial charge in [0.15, 0.2) is 25.1 Å². The summed E-state index contributed by atoms with van der Waals surface area (Å²) in [4.78, 5) is 112. The molecule has 2 fully saturated rings. The zero-order chi connectivity index (χ0) is 91.8. The molecule has 3 atom stereocenters. The number of sulfonamides is 1. The Bertz CT molecular complexity index is 4930. The van der Waals surface area contributed by atoms with Crippen molar-refractivity contribution in [3.8, 4) is 0 Å². The van der Waals surface area contributed by atoms with Crippen LogP contribution in [0.5, 0.6) is 0 Å². The molecular formula is C88H112Cl6N8O22S3. The Hall–Kier alpha value is -7.17. The summed E-state index contributed by atoms with van der Waals surface area (Å²) in [7, 11) is -4.56. The zero-order valence-electron chi connectivity index (χ0n) is 71.3. The number of fused-ring (bicyclic) bond motifs is 3. The highest BCUT2D eigenvalue weighted by Gasteiger charge is 2.47. The number of imide groups is 2. The van der Waals surface area contributed by atoms with Gasteiger partial charge in [-0.3, -0.25) is 28.8 Å². The van der Waals surface area contributed by atoms with E-state index in [-0.39, 0.29) is 144 Å². The lowest BCUT2D eigenvalue weighted by molar-refractivity contribution is -0.217. The molecule has 39 heteroatoms. The zero-order valence-corrected chi connectivity index (χ0v) is 78.3. The molecule has 3 unspecified atom stereocenters. The molecule has 4 N–H and O–H groups in total. The van der Waals surface area contributed by atoms with Crippen molar-refractivity contribution in [3.05, 3.63) is 189 Å². The molecule has 0 saturated carbocycles. The van der Waals surface area contributed by atoms with Gasteiger partial charge in [0.25, 0.3) is 23.6 Å². The maximum atomic E-state index is 13.1. The minimum absolute atomic E-state index is 0. The van der Waals surface area contributed by atoms with E-state index in [9.17, 15) is 63.6 Å². The van der Waals surface area contributed by atoms with Crippen molar-refractivity contribution in [2.45, 2.75) is 139 Å². The molecule has 2 saturated heterocycles. The SMILES string of the molecule is C.CC(C)(C(=O)ON1C(=O)CCC1=O)C(=O)ON1C(=O)CCC1=O.CN1Cc2c(Cl)cc(Cl)cc2C(c2ccc(S(=O)(=O)CCCOCCOCCN)cc2)C1.CN1Cc2c(Cl)cc(Cl)cc2C(c2ccc(S(=O)(=O)CCCOCCOCCNC(=O)C(C)(C)C(=O)CCCOCCOCCNS(=O)(=O)c3ccc(C4CN(C)Cc5c(Cl)cc(Cl)cc54)cc3)cc2)C1. The highest BCUT2D eigenvalue weighted by Crippen LogP contribution is 2.43. The van der Waals surface area contributed by atoms with Crippen molar-refractivity contribution in [1.82, 2.24) is 34.9 Å². The van der Waals surface area contributed by atoms with Crippen LogP contribution >= 0.6 is 69.6 Å². The second-order valence-corrected chi connectivity index (χ2v) is 40.5. The first-order chi connectivity index (χ1) is 59.7. The van der Waals surface area contributed by atoms with Crippen LogP contribution in [0.3, 0.4) is 0 Å². The Morgan fingerprint density at radius 2 is 0.740 bits per heavy atom. The molecule has 0 spiro atoms. The number of hydroxylamine groups is 4. The quantitative estimate of drug-likeness (QED) is 0.0182. The van der Waals surface area contributed by atoms with E-state index in [4.69, 9.17) is 104 Å². The number of hydrogen-bond acceptors (Lipinski definition) is 26. The van der Waals surface area contributed by atoms with Crippen LogP contribution in [0.2, 0.25) is 30.1 Å². The van der Waals surface area contributed by atoms with Crippen LogP contribution in [-0.4, -0.2) is 249 Å². The fourth-order valence-electron chi connectivity index (χ4n) is 14.4. The lowest BCUT2D eigenvalue weighted by Gasteiger charge is -2.33.